The van der Waals surface area contributed by atoms with Gasteiger partial charge in [0.05, 0.1) is 0 Å². The molecule has 0 saturated carbocycles. The summed E-state index contributed by atoms with van der Waals surface area (Å²) in [4.78, 5) is 4.29. The van der Waals surface area contributed by atoms with Gasteiger partial charge in [-0.25, -0.2) is 4.99 Å². The molecule has 0 bridgehead atoms. The van der Waals surface area contributed by atoms with Gasteiger partial charge in [0.2, 0.25) is 0 Å². The molecule has 3 nitrogen and oxygen atoms in total. The third-order valence-electron chi connectivity index (χ3n) is 2.02. The van der Waals surface area contributed by atoms with Crippen molar-refractivity contribution in [2.45, 2.75) is 0 Å². The van der Waals surface area contributed by atoms with Crippen molar-refractivity contribution in [2.75, 3.05) is 7.05 Å². The normalized spacial score (nSPS) is 15.4. The second-order valence-corrected chi connectivity index (χ2v) is 3.97. The monoisotopic (exact) mass is 251 g/mol. The van der Waals surface area contributed by atoms with Crippen molar-refractivity contribution in [1.29, 1.82) is 0 Å². The Kier molecular flexibility index (Phi) is 2.29. The Morgan fingerprint density at radius 1 is 1.36 bits per heavy atom. The van der Waals surface area contributed by atoms with E-state index in [0.29, 0.717) is 0 Å². The van der Waals surface area contributed by atoms with Gasteiger partial charge < -0.3 is 0 Å². The van der Waals surface area contributed by atoms with Crippen LogP contribution in [0.2, 0.25) is 0 Å². The van der Waals surface area contributed by atoms with Gasteiger partial charge in [0.1, 0.15) is 5.82 Å². The van der Waals surface area contributed by atoms with Crippen LogP contribution in [-0.2, 0) is 0 Å². The summed E-state index contributed by atoms with van der Waals surface area (Å²) in [5.41, 5.74) is 4.16. The first kappa shape index (κ1) is 9.27. The van der Waals surface area contributed by atoms with Gasteiger partial charge in [0, 0.05) is 17.1 Å². The molecule has 0 radical (unpaired) electrons. The van der Waals surface area contributed by atoms with E-state index in [9.17, 15) is 0 Å². The van der Waals surface area contributed by atoms with Gasteiger partial charge in [0.25, 0.3) is 0 Å². The summed E-state index contributed by atoms with van der Waals surface area (Å²) in [5, 5.41) is 1.79. The highest BCUT2D eigenvalue weighted by Gasteiger charge is 2.14. The summed E-state index contributed by atoms with van der Waals surface area (Å²) in [6.07, 6.45) is 0. The molecule has 0 unspecified atom stereocenters. The lowest BCUT2D eigenvalue weighted by Gasteiger charge is -2.11. The molecule has 0 aromatic heterocycles. The van der Waals surface area contributed by atoms with Gasteiger partial charge in [-0.2, -0.15) is 0 Å². The fourth-order valence-electron chi connectivity index (χ4n) is 1.19. The third-order valence-corrected chi connectivity index (χ3v) is 2.55. The molecule has 0 amide bonds. The SMILES string of the molecule is C=C1N=C(c2ccc(Br)cc2)NN1C. The number of hydrogen-bond acceptors (Lipinski definition) is 3. The minimum Gasteiger partial charge on any atom is -0.280 e. The molecular weight excluding hydrogens is 242 g/mol. The van der Waals surface area contributed by atoms with E-state index in [2.05, 4.69) is 32.9 Å². The Bertz CT molecular complexity index is 394. The summed E-state index contributed by atoms with van der Waals surface area (Å²) >= 11 is 3.39. The van der Waals surface area contributed by atoms with E-state index in [-0.39, 0.29) is 0 Å². The standard InChI is InChI=1S/C10H10BrN3/c1-7-12-10(13-14(7)2)8-3-5-9(11)6-4-8/h3-6H,1H2,2H3,(H,12,13). The zero-order chi connectivity index (χ0) is 10.1. The summed E-state index contributed by atoms with van der Waals surface area (Å²) < 4.78 is 1.06. The van der Waals surface area contributed by atoms with Gasteiger partial charge in [-0.05, 0) is 12.1 Å². The van der Waals surface area contributed by atoms with Crippen LogP contribution in [0.25, 0.3) is 0 Å². The van der Waals surface area contributed by atoms with E-state index in [1.807, 2.05) is 31.3 Å². The summed E-state index contributed by atoms with van der Waals surface area (Å²) in [6.45, 7) is 3.80. The fourth-order valence-corrected chi connectivity index (χ4v) is 1.45. The third kappa shape index (κ3) is 1.65. The maximum Gasteiger partial charge on any atom is 0.154 e. The number of aliphatic imine (C=N–C) groups is 1. The molecule has 0 aliphatic carbocycles. The fraction of sp³-hybridized carbons (Fsp3) is 0.100. The first-order chi connectivity index (χ1) is 6.66. The van der Waals surface area contributed by atoms with Gasteiger partial charge in [-0.1, -0.05) is 34.6 Å². The lowest BCUT2D eigenvalue weighted by Crippen LogP contribution is -2.31. The molecule has 1 aliphatic rings. The van der Waals surface area contributed by atoms with E-state index in [0.717, 1.165) is 21.7 Å². The Balaban J connectivity index is 2.29. The molecule has 1 aliphatic heterocycles. The van der Waals surface area contributed by atoms with Crippen molar-refractivity contribution in [1.82, 2.24) is 10.4 Å². The molecule has 0 fully saturated rings. The van der Waals surface area contributed by atoms with Crippen molar-refractivity contribution in [3.8, 4) is 0 Å². The lowest BCUT2D eigenvalue weighted by atomic mass is 10.2. The highest BCUT2D eigenvalue weighted by molar-refractivity contribution is 9.10. The smallest absolute Gasteiger partial charge is 0.154 e. The predicted octanol–water partition coefficient (Wildman–Crippen LogP) is 2.12. The van der Waals surface area contributed by atoms with Gasteiger partial charge in [0.15, 0.2) is 5.84 Å². The van der Waals surface area contributed by atoms with Crippen molar-refractivity contribution >= 4 is 21.8 Å². The average molecular weight is 252 g/mol. The molecular formula is C10H10BrN3. The number of nitrogens with one attached hydrogen (secondary N) is 1. The minimum absolute atomic E-state index is 0.725. The minimum atomic E-state index is 0.725. The second-order valence-electron chi connectivity index (χ2n) is 3.05. The molecule has 0 spiro atoms. The van der Waals surface area contributed by atoms with E-state index in [1.54, 1.807) is 5.01 Å². The van der Waals surface area contributed by atoms with Crippen LogP contribution in [-0.4, -0.2) is 17.9 Å². The van der Waals surface area contributed by atoms with Crippen molar-refractivity contribution in [3.05, 3.63) is 46.7 Å². The van der Waals surface area contributed by atoms with Crippen LogP contribution >= 0.6 is 15.9 Å². The molecule has 0 saturated heterocycles. The zero-order valence-electron chi connectivity index (χ0n) is 7.79. The number of rotatable bonds is 1. The number of amidine groups is 1. The molecule has 1 N–H and O–H groups in total. The van der Waals surface area contributed by atoms with Crippen molar-refractivity contribution < 1.29 is 0 Å². The average Bonchev–Trinajstić information content (AvgIpc) is 2.48. The number of hydrogen-bond donors (Lipinski definition) is 1. The highest BCUT2D eigenvalue weighted by atomic mass is 79.9. The highest BCUT2D eigenvalue weighted by Crippen LogP contribution is 2.14. The molecule has 2 rings (SSSR count). The summed E-state index contributed by atoms with van der Waals surface area (Å²) in [7, 11) is 1.89. The maximum atomic E-state index is 4.29. The second kappa shape index (κ2) is 3.46. The number of benzene rings is 1. The maximum absolute atomic E-state index is 4.29. The quantitative estimate of drug-likeness (QED) is 0.829. The van der Waals surface area contributed by atoms with Crippen LogP contribution in [0.5, 0.6) is 0 Å². The lowest BCUT2D eigenvalue weighted by molar-refractivity contribution is 0.395. The van der Waals surface area contributed by atoms with Crippen LogP contribution in [0.15, 0.2) is 46.1 Å². The number of halogens is 1. The Morgan fingerprint density at radius 3 is 2.50 bits per heavy atom. The van der Waals surface area contributed by atoms with Crippen LogP contribution in [0.4, 0.5) is 0 Å². The van der Waals surface area contributed by atoms with E-state index in [4.69, 9.17) is 0 Å². The molecule has 14 heavy (non-hydrogen) atoms. The molecule has 0 atom stereocenters. The first-order valence-corrected chi connectivity index (χ1v) is 5.00. The molecule has 1 aromatic rings. The van der Waals surface area contributed by atoms with Crippen LogP contribution in [0, 0.1) is 0 Å². The first-order valence-electron chi connectivity index (χ1n) is 4.21. The number of hydrazine groups is 1. The number of nitrogens with zero attached hydrogens (tertiary/aromatic N) is 2. The van der Waals surface area contributed by atoms with E-state index >= 15 is 0 Å². The van der Waals surface area contributed by atoms with Crippen molar-refractivity contribution in [3.63, 3.8) is 0 Å². The topological polar surface area (TPSA) is 27.6 Å². The molecule has 4 heteroatoms. The Labute approximate surface area is 91.2 Å². The van der Waals surface area contributed by atoms with Crippen LogP contribution in [0.1, 0.15) is 5.56 Å². The summed E-state index contributed by atoms with van der Waals surface area (Å²) in [5.74, 6) is 1.56. The Morgan fingerprint density at radius 2 is 2.00 bits per heavy atom. The zero-order valence-corrected chi connectivity index (χ0v) is 9.37. The largest absolute Gasteiger partial charge is 0.280 e. The molecule has 72 valence electrons. The van der Waals surface area contributed by atoms with E-state index < -0.39 is 0 Å². The van der Waals surface area contributed by atoms with Gasteiger partial charge in [-0.3, -0.25) is 10.4 Å². The van der Waals surface area contributed by atoms with Crippen LogP contribution in [0.3, 0.4) is 0 Å². The van der Waals surface area contributed by atoms with E-state index in [1.165, 1.54) is 0 Å². The van der Waals surface area contributed by atoms with Crippen LogP contribution < -0.4 is 5.43 Å². The predicted molar refractivity (Wildman–Crippen MR) is 60.7 cm³/mol. The van der Waals surface area contributed by atoms with Gasteiger partial charge in [-0.15, -0.1) is 0 Å². The Hall–Kier alpha value is -1.29. The van der Waals surface area contributed by atoms with Crippen molar-refractivity contribution in [2.24, 2.45) is 4.99 Å². The molecule has 1 aromatic carbocycles. The summed E-state index contributed by atoms with van der Waals surface area (Å²) in [6, 6.07) is 7.98. The van der Waals surface area contributed by atoms with Gasteiger partial charge >= 0.3 is 0 Å². The molecule has 1 heterocycles.